The van der Waals surface area contributed by atoms with Gasteiger partial charge in [-0.05, 0) is 36.6 Å². The molecule has 0 atom stereocenters. The van der Waals surface area contributed by atoms with E-state index < -0.39 is 10.9 Å². The van der Waals surface area contributed by atoms with E-state index in [0.717, 1.165) is 5.56 Å². The molecule has 2 aromatic rings. The summed E-state index contributed by atoms with van der Waals surface area (Å²) < 4.78 is 4.76. The zero-order chi connectivity index (χ0) is 22.4. The lowest BCUT2D eigenvalue weighted by Crippen LogP contribution is -2.44. The molecule has 0 bridgehead atoms. The van der Waals surface area contributed by atoms with E-state index in [1.54, 1.807) is 30.3 Å². The third-order valence-corrected chi connectivity index (χ3v) is 5.66. The van der Waals surface area contributed by atoms with Crippen LogP contribution in [0.5, 0.6) is 0 Å². The van der Waals surface area contributed by atoms with E-state index in [1.807, 2.05) is 17.0 Å². The maximum atomic E-state index is 13.2. The van der Waals surface area contributed by atoms with Crippen LogP contribution in [0.4, 0.5) is 11.4 Å². The number of nitrogens with zero attached hydrogens (tertiary/aromatic N) is 3. The van der Waals surface area contributed by atoms with Gasteiger partial charge in [0.1, 0.15) is 12.2 Å². The number of carbonyl (C=O) groups excluding carboxylic acids is 2. The molecule has 1 aliphatic rings. The minimum absolute atomic E-state index is 0.0577. The quantitative estimate of drug-likeness (QED) is 0.367. The van der Waals surface area contributed by atoms with Gasteiger partial charge in [-0.25, -0.2) is 0 Å². The smallest absolute Gasteiger partial charge is 0.325 e. The number of ether oxygens (including phenoxy) is 1. The van der Waals surface area contributed by atoms with E-state index in [2.05, 4.69) is 0 Å². The van der Waals surface area contributed by atoms with Crippen molar-refractivity contribution < 1.29 is 19.2 Å². The molecular formula is C22H24ClN3O5. The molecule has 0 saturated carbocycles. The number of nitro groups is 1. The largest absolute Gasteiger partial charge is 0.468 e. The molecule has 8 nitrogen and oxygen atoms in total. The number of esters is 1. The van der Waals surface area contributed by atoms with Crippen molar-refractivity contribution in [3.8, 4) is 0 Å². The molecule has 0 aromatic heterocycles. The molecule has 3 rings (SSSR count). The lowest BCUT2D eigenvalue weighted by atomic mass is 9.94. The summed E-state index contributed by atoms with van der Waals surface area (Å²) in [6, 6.07) is 13.7. The Hall–Kier alpha value is -3.13. The van der Waals surface area contributed by atoms with Crippen LogP contribution in [0.2, 0.25) is 5.02 Å². The molecule has 1 amide bonds. The van der Waals surface area contributed by atoms with E-state index in [9.17, 15) is 19.7 Å². The normalized spacial score (nSPS) is 14.2. The Labute approximate surface area is 185 Å². The number of piperidine rings is 1. The number of hydrogen-bond acceptors (Lipinski definition) is 6. The highest BCUT2D eigenvalue weighted by molar-refractivity contribution is 6.30. The van der Waals surface area contributed by atoms with Crippen LogP contribution in [0, 0.1) is 16.0 Å². The molecule has 0 aliphatic carbocycles. The van der Waals surface area contributed by atoms with Crippen LogP contribution in [0.1, 0.15) is 18.4 Å². The standard InChI is InChI=1S/C22H24ClN3O5/c1-31-21(27)15-25(14-16-6-8-18(23)9-7-16)22(28)17-10-12-24(13-11-17)19-4-2-3-5-20(19)26(29)30/h2-9,17H,10-15H2,1H3. The van der Waals surface area contributed by atoms with Gasteiger partial charge in [-0.1, -0.05) is 35.9 Å². The maximum absolute atomic E-state index is 13.2. The van der Waals surface area contributed by atoms with Crippen LogP contribution in [0.3, 0.4) is 0 Å². The van der Waals surface area contributed by atoms with E-state index in [-0.39, 0.29) is 30.6 Å². The zero-order valence-corrected chi connectivity index (χ0v) is 18.0. The Morgan fingerprint density at radius 2 is 1.81 bits per heavy atom. The van der Waals surface area contributed by atoms with Crippen molar-refractivity contribution in [2.24, 2.45) is 5.92 Å². The van der Waals surface area contributed by atoms with Crippen molar-refractivity contribution >= 4 is 34.9 Å². The van der Waals surface area contributed by atoms with Crippen LogP contribution in [0.15, 0.2) is 48.5 Å². The first-order valence-corrected chi connectivity index (χ1v) is 10.3. The number of rotatable bonds is 7. The van der Waals surface area contributed by atoms with Gasteiger partial charge in [-0.15, -0.1) is 0 Å². The number of benzene rings is 2. The number of carbonyl (C=O) groups is 2. The summed E-state index contributed by atoms with van der Waals surface area (Å²) in [5, 5.41) is 11.9. The second-order valence-corrected chi connectivity index (χ2v) is 7.84. The van der Waals surface area contributed by atoms with E-state index in [4.69, 9.17) is 16.3 Å². The van der Waals surface area contributed by atoms with E-state index >= 15 is 0 Å². The number of halogens is 1. The van der Waals surface area contributed by atoms with Crippen LogP contribution < -0.4 is 4.90 Å². The Bertz CT molecular complexity index is 942. The first-order chi connectivity index (χ1) is 14.9. The number of methoxy groups -OCH3 is 1. The number of hydrogen-bond donors (Lipinski definition) is 0. The lowest BCUT2D eigenvalue weighted by molar-refractivity contribution is -0.384. The molecule has 31 heavy (non-hydrogen) atoms. The third-order valence-electron chi connectivity index (χ3n) is 5.41. The molecule has 2 aromatic carbocycles. The number of para-hydroxylation sites is 2. The van der Waals surface area contributed by atoms with Gasteiger partial charge in [0.25, 0.3) is 5.69 Å². The van der Waals surface area contributed by atoms with Crippen LogP contribution in [0.25, 0.3) is 0 Å². The van der Waals surface area contributed by atoms with E-state index in [0.29, 0.717) is 36.6 Å². The molecule has 1 saturated heterocycles. The number of amides is 1. The predicted octanol–water partition coefficient (Wildman–Crippen LogP) is 3.67. The number of nitro benzene ring substituents is 1. The Morgan fingerprint density at radius 1 is 1.16 bits per heavy atom. The molecule has 0 radical (unpaired) electrons. The van der Waals surface area contributed by atoms with Crippen molar-refractivity contribution in [3.05, 3.63) is 69.2 Å². The Morgan fingerprint density at radius 3 is 2.42 bits per heavy atom. The van der Waals surface area contributed by atoms with Gasteiger partial charge >= 0.3 is 5.97 Å². The van der Waals surface area contributed by atoms with Crippen molar-refractivity contribution in [1.29, 1.82) is 0 Å². The highest BCUT2D eigenvalue weighted by Crippen LogP contribution is 2.31. The van der Waals surface area contributed by atoms with Gasteiger partial charge in [0.2, 0.25) is 5.91 Å². The van der Waals surface area contributed by atoms with Crippen molar-refractivity contribution in [2.45, 2.75) is 19.4 Å². The third kappa shape index (κ3) is 5.73. The molecule has 1 fully saturated rings. The Balaban J connectivity index is 1.69. The maximum Gasteiger partial charge on any atom is 0.325 e. The minimum Gasteiger partial charge on any atom is -0.468 e. The summed E-state index contributed by atoms with van der Waals surface area (Å²) in [5.41, 5.74) is 1.48. The minimum atomic E-state index is -0.486. The van der Waals surface area contributed by atoms with Crippen molar-refractivity contribution in [1.82, 2.24) is 4.90 Å². The fourth-order valence-corrected chi connectivity index (χ4v) is 3.88. The molecule has 164 valence electrons. The highest BCUT2D eigenvalue weighted by atomic mass is 35.5. The number of anilines is 1. The fourth-order valence-electron chi connectivity index (χ4n) is 3.75. The average molecular weight is 446 g/mol. The second-order valence-electron chi connectivity index (χ2n) is 7.40. The van der Waals surface area contributed by atoms with Gasteiger partial charge in [0.15, 0.2) is 0 Å². The average Bonchev–Trinajstić information content (AvgIpc) is 2.79. The monoisotopic (exact) mass is 445 g/mol. The molecule has 0 spiro atoms. The van der Waals surface area contributed by atoms with Gasteiger partial charge in [-0.3, -0.25) is 19.7 Å². The first kappa shape index (κ1) is 22.6. The second kappa shape index (κ2) is 10.3. The SMILES string of the molecule is COC(=O)CN(Cc1ccc(Cl)cc1)C(=O)C1CCN(c2ccccc2[N+](=O)[O-])CC1. The van der Waals surface area contributed by atoms with Crippen LogP contribution in [-0.2, 0) is 20.9 Å². The molecule has 0 unspecified atom stereocenters. The van der Waals surface area contributed by atoms with Crippen LogP contribution in [-0.4, -0.2) is 48.4 Å². The summed E-state index contributed by atoms with van der Waals surface area (Å²) >= 11 is 5.93. The van der Waals surface area contributed by atoms with Crippen molar-refractivity contribution in [2.75, 3.05) is 31.6 Å². The van der Waals surface area contributed by atoms with Gasteiger partial charge in [0, 0.05) is 36.6 Å². The first-order valence-electron chi connectivity index (χ1n) is 9.97. The molecular weight excluding hydrogens is 422 g/mol. The van der Waals surface area contributed by atoms with Crippen LogP contribution >= 0.6 is 11.6 Å². The van der Waals surface area contributed by atoms with Crippen molar-refractivity contribution in [3.63, 3.8) is 0 Å². The van der Waals surface area contributed by atoms with Gasteiger partial charge in [0.05, 0.1) is 12.0 Å². The Kier molecular flexibility index (Phi) is 7.46. The summed E-state index contributed by atoms with van der Waals surface area (Å²) in [4.78, 5) is 39.5. The summed E-state index contributed by atoms with van der Waals surface area (Å²) in [5.74, 6) is -0.877. The summed E-state index contributed by atoms with van der Waals surface area (Å²) in [6.07, 6.45) is 1.09. The highest BCUT2D eigenvalue weighted by Gasteiger charge is 2.31. The molecule has 0 N–H and O–H groups in total. The summed E-state index contributed by atoms with van der Waals surface area (Å²) in [7, 11) is 1.29. The lowest BCUT2D eigenvalue weighted by Gasteiger charge is -2.35. The van der Waals surface area contributed by atoms with Gasteiger partial charge in [-0.2, -0.15) is 0 Å². The molecule has 1 aliphatic heterocycles. The fraction of sp³-hybridized carbons (Fsp3) is 0.364. The predicted molar refractivity (Wildman–Crippen MR) is 117 cm³/mol. The molecule has 9 heteroatoms. The van der Waals surface area contributed by atoms with Gasteiger partial charge < -0.3 is 14.5 Å². The summed E-state index contributed by atoms with van der Waals surface area (Å²) in [6.45, 7) is 1.18. The van der Waals surface area contributed by atoms with E-state index in [1.165, 1.54) is 18.1 Å². The topological polar surface area (TPSA) is 93.0 Å². The molecule has 1 heterocycles. The zero-order valence-electron chi connectivity index (χ0n) is 17.2.